The summed E-state index contributed by atoms with van der Waals surface area (Å²) >= 11 is 0. The van der Waals surface area contributed by atoms with Crippen molar-refractivity contribution in [3.63, 3.8) is 0 Å². The summed E-state index contributed by atoms with van der Waals surface area (Å²) in [5.41, 5.74) is 0. The van der Waals surface area contributed by atoms with Crippen molar-refractivity contribution < 1.29 is 4.42 Å². The molecule has 0 radical (unpaired) electrons. The highest BCUT2D eigenvalue weighted by molar-refractivity contribution is 4.97. The van der Waals surface area contributed by atoms with Gasteiger partial charge in [-0.25, -0.2) is 0 Å². The number of piperazine rings is 1. The first kappa shape index (κ1) is 14.1. The van der Waals surface area contributed by atoms with Crippen LogP contribution in [0.1, 0.15) is 31.4 Å². The third kappa shape index (κ3) is 3.84. The zero-order valence-electron chi connectivity index (χ0n) is 12.4. The van der Waals surface area contributed by atoms with E-state index in [0.29, 0.717) is 0 Å². The van der Waals surface area contributed by atoms with E-state index in [1.165, 1.54) is 51.9 Å². The first-order valence-corrected chi connectivity index (χ1v) is 8.11. The van der Waals surface area contributed by atoms with Crippen molar-refractivity contribution in [2.24, 2.45) is 0 Å². The highest BCUT2D eigenvalue weighted by Gasteiger charge is 2.25. The topological polar surface area (TPSA) is 31.7 Å². The zero-order chi connectivity index (χ0) is 13.6. The van der Waals surface area contributed by atoms with Gasteiger partial charge in [-0.3, -0.25) is 9.80 Å². The van der Waals surface area contributed by atoms with Gasteiger partial charge in [0.2, 0.25) is 0 Å². The molecule has 4 heteroatoms. The highest BCUT2D eigenvalue weighted by atomic mass is 16.3. The highest BCUT2D eigenvalue weighted by Crippen LogP contribution is 2.24. The van der Waals surface area contributed by atoms with Crippen LogP contribution in [-0.2, 0) is 6.54 Å². The van der Waals surface area contributed by atoms with Gasteiger partial charge in [-0.2, -0.15) is 0 Å². The standard InChI is InChI=1S/C16H27N3O/c1-2-5-15(4-1)19-11-9-18(10-12-19)8-7-17-14-16-6-3-13-20-16/h3,6,13,15,17H,1-2,4-5,7-12,14H2. The summed E-state index contributed by atoms with van der Waals surface area (Å²) in [6.07, 6.45) is 7.50. The van der Waals surface area contributed by atoms with Crippen molar-refractivity contribution in [3.05, 3.63) is 24.2 Å². The van der Waals surface area contributed by atoms with E-state index in [4.69, 9.17) is 4.42 Å². The second kappa shape index (κ2) is 7.25. The van der Waals surface area contributed by atoms with Crippen LogP contribution in [0.5, 0.6) is 0 Å². The predicted molar refractivity (Wildman–Crippen MR) is 80.7 cm³/mol. The van der Waals surface area contributed by atoms with E-state index in [-0.39, 0.29) is 0 Å². The molecule has 3 rings (SSSR count). The molecule has 2 aliphatic rings. The Kier molecular flexibility index (Phi) is 5.12. The molecule has 1 N–H and O–H groups in total. The lowest BCUT2D eigenvalue weighted by molar-refractivity contribution is 0.0983. The zero-order valence-corrected chi connectivity index (χ0v) is 12.4. The van der Waals surface area contributed by atoms with Gasteiger partial charge in [0.25, 0.3) is 0 Å². The molecule has 0 unspecified atom stereocenters. The minimum atomic E-state index is 0.842. The van der Waals surface area contributed by atoms with E-state index >= 15 is 0 Å². The van der Waals surface area contributed by atoms with Gasteiger partial charge in [0.1, 0.15) is 5.76 Å². The van der Waals surface area contributed by atoms with Crippen LogP contribution in [0.4, 0.5) is 0 Å². The third-order valence-electron chi connectivity index (χ3n) is 4.73. The van der Waals surface area contributed by atoms with E-state index < -0.39 is 0 Å². The molecule has 1 saturated carbocycles. The van der Waals surface area contributed by atoms with Gasteiger partial charge in [0, 0.05) is 45.3 Å². The number of nitrogens with one attached hydrogen (secondary N) is 1. The summed E-state index contributed by atoms with van der Waals surface area (Å²) in [6.45, 7) is 8.04. The van der Waals surface area contributed by atoms with Crippen molar-refractivity contribution >= 4 is 0 Å². The number of furan rings is 1. The van der Waals surface area contributed by atoms with Gasteiger partial charge < -0.3 is 9.73 Å². The molecule has 0 aromatic carbocycles. The van der Waals surface area contributed by atoms with Gasteiger partial charge in [-0.05, 0) is 25.0 Å². The molecule has 0 bridgehead atoms. The maximum Gasteiger partial charge on any atom is 0.117 e. The van der Waals surface area contributed by atoms with Gasteiger partial charge in [-0.1, -0.05) is 12.8 Å². The molecule has 0 spiro atoms. The lowest BCUT2D eigenvalue weighted by Crippen LogP contribution is -2.50. The Balaban J connectivity index is 1.28. The molecule has 1 saturated heterocycles. The number of nitrogens with zero attached hydrogens (tertiary/aromatic N) is 2. The van der Waals surface area contributed by atoms with Crippen LogP contribution in [0, 0.1) is 0 Å². The van der Waals surface area contributed by atoms with Crippen LogP contribution < -0.4 is 5.32 Å². The molecule has 0 atom stereocenters. The van der Waals surface area contributed by atoms with E-state index in [1.54, 1.807) is 6.26 Å². The SMILES string of the molecule is c1coc(CNCCN2CCN(C3CCCC3)CC2)c1. The summed E-state index contributed by atoms with van der Waals surface area (Å²) in [5, 5.41) is 3.45. The van der Waals surface area contributed by atoms with Crippen molar-refractivity contribution in [3.8, 4) is 0 Å². The van der Waals surface area contributed by atoms with Gasteiger partial charge in [-0.15, -0.1) is 0 Å². The average Bonchev–Trinajstić information content (AvgIpc) is 3.17. The smallest absolute Gasteiger partial charge is 0.117 e. The monoisotopic (exact) mass is 277 g/mol. The molecule has 2 heterocycles. The fourth-order valence-corrected chi connectivity index (χ4v) is 3.48. The Morgan fingerprint density at radius 2 is 1.95 bits per heavy atom. The van der Waals surface area contributed by atoms with Crippen molar-refractivity contribution in [1.29, 1.82) is 0 Å². The molecule has 2 fully saturated rings. The molecule has 4 nitrogen and oxygen atoms in total. The normalized spacial score (nSPS) is 22.6. The van der Waals surface area contributed by atoms with E-state index in [9.17, 15) is 0 Å². The Hall–Kier alpha value is -0.840. The second-order valence-corrected chi connectivity index (χ2v) is 6.07. The minimum absolute atomic E-state index is 0.842. The predicted octanol–water partition coefficient (Wildman–Crippen LogP) is 1.93. The van der Waals surface area contributed by atoms with Crippen LogP contribution in [0.25, 0.3) is 0 Å². The molecular weight excluding hydrogens is 250 g/mol. The molecule has 112 valence electrons. The van der Waals surface area contributed by atoms with Crippen LogP contribution in [0.2, 0.25) is 0 Å². The minimum Gasteiger partial charge on any atom is -0.468 e. The first-order chi connectivity index (χ1) is 9.92. The molecule has 20 heavy (non-hydrogen) atoms. The lowest BCUT2D eigenvalue weighted by atomic mass is 10.2. The average molecular weight is 277 g/mol. The number of hydrogen-bond acceptors (Lipinski definition) is 4. The summed E-state index contributed by atoms with van der Waals surface area (Å²) < 4.78 is 5.31. The molecular formula is C16H27N3O. The van der Waals surface area contributed by atoms with Crippen LogP contribution in [0.15, 0.2) is 22.8 Å². The van der Waals surface area contributed by atoms with Crippen molar-refractivity contribution in [1.82, 2.24) is 15.1 Å². The Labute approximate surface area is 122 Å². The first-order valence-electron chi connectivity index (χ1n) is 8.11. The fourth-order valence-electron chi connectivity index (χ4n) is 3.48. The van der Waals surface area contributed by atoms with E-state index in [1.807, 2.05) is 12.1 Å². The third-order valence-corrected chi connectivity index (χ3v) is 4.73. The Bertz CT molecular complexity index is 365. The summed E-state index contributed by atoms with van der Waals surface area (Å²) in [4.78, 5) is 5.31. The Morgan fingerprint density at radius 3 is 2.65 bits per heavy atom. The lowest BCUT2D eigenvalue weighted by Gasteiger charge is -2.38. The maximum absolute atomic E-state index is 5.31. The molecule has 1 aromatic heterocycles. The van der Waals surface area contributed by atoms with Crippen molar-refractivity contribution in [2.75, 3.05) is 39.3 Å². The van der Waals surface area contributed by atoms with Crippen molar-refractivity contribution in [2.45, 2.75) is 38.3 Å². The van der Waals surface area contributed by atoms with E-state index in [0.717, 1.165) is 31.4 Å². The maximum atomic E-state index is 5.31. The second-order valence-electron chi connectivity index (χ2n) is 6.07. The van der Waals surface area contributed by atoms with Crippen LogP contribution in [-0.4, -0.2) is 55.1 Å². The number of rotatable bonds is 6. The van der Waals surface area contributed by atoms with Crippen LogP contribution >= 0.6 is 0 Å². The summed E-state index contributed by atoms with van der Waals surface area (Å²) in [5.74, 6) is 1.02. The molecule has 1 aliphatic carbocycles. The fraction of sp³-hybridized carbons (Fsp3) is 0.750. The largest absolute Gasteiger partial charge is 0.468 e. The molecule has 1 aliphatic heterocycles. The molecule has 1 aromatic rings. The quantitative estimate of drug-likeness (QED) is 0.805. The Morgan fingerprint density at radius 1 is 1.15 bits per heavy atom. The number of hydrogen-bond donors (Lipinski definition) is 1. The summed E-state index contributed by atoms with van der Waals surface area (Å²) in [6, 6.07) is 4.86. The molecule has 0 amide bonds. The van der Waals surface area contributed by atoms with Gasteiger partial charge in [0.05, 0.1) is 12.8 Å². The summed E-state index contributed by atoms with van der Waals surface area (Å²) in [7, 11) is 0. The van der Waals surface area contributed by atoms with Crippen LogP contribution in [0.3, 0.4) is 0 Å². The van der Waals surface area contributed by atoms with Gasteiger partial charge >= 0.3 is 0 Å². The van der Waals surface area contributed by atoms with Gasteiger partial charge in [0.15, 0.2) is 0 Å². The van der Waals surface area contributed by atoms with E-state index in [2.05, 4.69) is 15.1 Å².